The molecule has 0 bridgehead atoms. The van der Waals surface area contributed by atoms with Crippen LogP contribution in [0.3, 0.4) is 0 Å². The second-order valence-electron chi connectivity index (χ2n) is 44.5. The third kappa shape index (κ3) is 13.4. The minimum absolute atomic E-state index is 0.00120. The Morgan fingerprint density at radius 1 is 0.167 bits per heavy atom. The van der Waals surface area contributed by atoms with Crippen LogP contribution in [0.1, 0.15) is 325 Å². The Morgan fingerprint density at radius 2 is 0.435 bits per heavy atom. The summed E-state index contributed by atoms with van der Waals surface area (Å²) in [6.07, 6.45) is 0. The summed E-state index contributed by atoms with van der Waals surface area (Å²) < 4.78 is 0. The molecule has 0 amide bonds. The first-order valence-electron chi connectivity index (χ1n) is 48.5. The average Bonchev–Trinajstić information content (AvgIpc) is 1.51. The Hall–Kier alpha value is -12.5. The number of allylic oxidation sites excluding steroid dienone is 27. The van der Waals surface area contributed by atoms with Crippen LogP contribution in [0, 0.1) is 37.9 Å². The third-order valence-electron chi connectivity index (χ3n) is 35.0. The van der Waals surface area contributed by atoms with Gasteiger partial charge >= 0.3 is 0 Å². The number of amidine groups is 7. The second-order valence-corrected chi connectivity index (χ2v) is 44.5. The fourth-order valence-electron chi connectivity index (χ4n) is 22.9. The molecule has 0 aromatic rings. The van der Waals surface area contributed by atoms with Gasteiger partial charge in [-0.05, 0) is 409 Å². The fraction of sp³-hybridized carbons (Fsp3) is 0.470. The minimum Gasteiger partial charge on any atom is -0.505 e. The van der Waals surface area contributed by atoms with E-state index in [0.717, 1.165) is 148 Å². The summed E-state index contributed by atoms with van der Waals surface area (Å²) in [5.41, 5.74) is 48.2. The highest BCUT2D eigenvalue weighted by molar-refractivity contribution is 6.18. The summed E-state index contributed by atoms with van der Waals surface area (Å²) in [5, 5.41) is 73.4. The molecule has 0 saturated carbocycles. The van der Waals surface area contributed by atoms with Crippen LogP contribution >= 0.6 is 0 Å². The molecular formula is C115H148N16O7. The molecule has 21 aliphatic rings. The highest BCUT2D eigenvalue weighted by Crippen LogP contribution is 2.63. The van der Waals surface area contributed by atoms with Gasteiger partial charge in [0, 0.05) is 89.2 Å². The van der Waals surface area contributed by atoms with Crippen molar-refractivity contribution >= 4 is 52.3 Å². The highest BCUT2D eigenvalue weighted by Gasteiger charge is 2.57. The zero-order valence-electron chi connectivity index (χ0n) is 91.3. The smallest absolute Gasteiger partial charge is 0.183 e. The summed E-state index contributed by atoms with van der Waals surface area (Å²) in [6, 6.07) is 0. The molecule has 0 radical (unpaired) electrons. The maximum absolute atomic E-state index is 10.7. The maximum atomic E-state index is 10.7. The normalized spacial score (nSPS) is 24.8. The van der Waals surface area contributed by atoms with Gasteiger partial charge in [-0.15, -0.1) is 0 Å². The van der Waals surface area contributed by atoms with Gasteiger partial charge in [0.2, 0.25) is 0 Å². The number of hydrogen-bond acceptors (Lipinski definition) is 23. The van der Waals surface area contributed by atoms with E-state index < -0.39 is 0 Å². The molecule has 21 aliphatic heterocycles. The van der Waals surface area contributed by atoms with Crippen molar-refractivity contribution in [3.8, 4) is 0 Å². The molecule has 0 spiro atoms. The Labute approximate surface area is 819 Å². The summed E-state index contributed by atoms with van der Waals surface area (Å²) in [4.78, 5) is 56.4. The zero-order chi connectivity index (χ0) is 103. The van der Waals surface area contributed by atoms with Crippen molar-refractivity contribution < 1.29 is 35.7 Å². The molecule has 0 unspecified atom stereocenters. The molecule has 0 aromatic heterocycles. The number of aliphatic hydroxyl groups excluding tert-OH is 7. The lowest BCUT2D eigenvalue weighted by Gasteiger charge is -2.40. The molecule has 730 valence electrons. The lowest BCUT2D eigenvalue weighted by atomic mass is 9.80. The minimum atomic E-state index is -0.156. The van der Waals surface area contributed by atoms with Gasteiger partial charge in [0.25, 0.3) is 0 Å². The summed E-state index contributed by atoms with van der Waals surface area (Å²) >= 11 is 0. The van der Waals surface area contributed by atoms with Crippen LogP contribution in [0.5, 0.6) is 0 Å². The van der Waals surface area contributed by atoms with Crippen LogP contribution in [0.15, 0.2) is 339 Å². The van der Waals surface area contributed by atoms with Gasteiger partial charge in [-0.1, -0.05) is 55.4 Å². The van der Waals surface area contributed by atoms with Crippen LogP contribution < -0.4 is 0 Å². The average molecular weight is 1870 g/mol. The van der Waals surface area contributed by atoms with E-state index in [1.54, 1.807) is 0 Å². The Morgan fingerprint density at radius 3 is 0.855 bits per heavy atom. The number of aliphatic imine (C=N–C) groups is 9. The van der Waals surface area contributed by atoms with Gasteiger partial charge in [0.05, 0.1) is 57.0 Å². The van der Waals surface area contributed by atoms with Crippen molar-refractivity contribution in [1.82, 2.24) is 34.3 Å². The molecular weight excluding hydrogens is 1720 g/mol. The molecule has 0 atom stereocenters. The van der Waals surface area contributed by atoms with Crippen LogP contribution in [-0.4, -0.2) is 122 Å². The number of aliphatic hydroxyl groups is 7. The number of rotatable bonds is 0. The Bertz CT molecular complexity index is 7160. The molecule has 0 aromatic carbocycles. The molecule has 138 heavy (non-hydrogen) atoms. The molecule has 23 nitrogen and oxygen atoms in total. The Balaban J connectivity index is 0.000000122. The summed E-state index contributed by atoms with van der Waals surface area (Å²) in [6.45, 7) is 98.9. The number of hydrogen-bond donors (Lipinski definition) is 7. The van der Waals surface area contributed by atoms with Crippen molar-refractivity contribution in [1.29, 1.82) is 0 Å². The summed E-state index contributed by atoms with van der Waals surface area (Å²) in [7, 11) is 0. The quantitative estimate of drug-likeness (QED) is 0.119. The predicted molar refractivity (Wildman–Crippen MR) is 565 cm³/mol. The molecule has 0 fully saturated rings. The van der Waals surface area contributed by atoms with Gasteiger partial charge in [0.1, 0.15) is 52.3 Å². The topological polar surface area (TPSA) is 276 Å². The van der Waals surface area contributed by atoms with Crippen LogP contribution in [0.4, 0.5) is 0 Å². The molecule has 21 heterocycles. The van der Waals surface area contributed by atoms with Gasteiger partial charge in [-0.25, -0.2) is 44.9 Å². The monoisotopic (exact) mass is 1870 g/mol. The van der Waals surface area contributed by atoms with E-state index in [1.165, 1.54) is 118 Å². The SMILES string of the molecule is CC1=C(C)C2=C(C)C(C)(C)C3=C(C)C(C)=C(O)C(=C1C)N23.CC1=C(C)C2=C(C)C(C)(C)C3=C(C)C(C)=C(O)C(=N1)N23.CC1=C(C)C2=C(C)C(C)(C)C3=NC(C)=C(O)C(=N1)N32.CC1=C(O)C2=C(C)C(C)=C(C)C3=C(C)C(C)(C)C(=N1)N23.CC1=NC2=C(C)C(C)(C)C3=C(C)C(C)=C(O)C(=C1C)N23.CC1=NC2=C(C)C(C)(C)C3=C(C)C(C)=C(O)C(=N1)N23.CC1=NC2=C(C)C(C)(C)C3=NC(C)=C(O)C(=C1C)N32. The van der Waals surface area contributed by atoms with Crippen molar-refractivity contribution in [3.05, 3.63) is 294 Å². The van der Waals surface area contributed by atoms with E-state index in [1.807, 2.05) is 112 Å². The highest BCUT2D eigenvalue weighted by atomic mass is 16.3. The van der Waals surface area contributed by atoms with E-state index in [-0.39, 0.29) is 55.2 Å². The van der Waals surface area contributed by atoms with E-state index in [4.69, 9.17) is 9.98 Å². The van der Waals surface area contributed by atoms with Crippen molar-refractivity contribution in [3.63, 3.8) is 0 Å². The van der Waals surface area contributed by atoms with Crippen LogP contribution in [-0.2, 0) is 0 Å². The fourth-order valence-corrected chi connectivity index (χ4v) is 22.9. The molecule has 0 saturated heterocycles. The first-order chi connectivity index (χ1) is 63.5. The molecule has 23 heteroatoms. The van der Waals surface area contributed by atoms with E-state index >= 15 is 0 Å². The zero-order valence-corrected chi connectivity index (χ0v) is 91.3. The van der Waals surface area contributed by atoms with E-state index in [9.17, 15) is 35.7 Å². The van der Waals surface area contributed by atoms with Crippen molar-refractivity contribution in [2.45, 2.75) is 325 Å². The molecule has 7 N–H and O–H groups in total. The van der Waals surface area contributed by atoms with E-state index in [2.05, 4.69) is 283 Å². The van der Waals surface area contributed by atoms with Gasteiger partial charge in [-0.3, -0.25) is 29.4 Å². The van der Waals surface area contributed by atoms with E-state index in [0.29, 0.717) is 63.5 Å². The van der Waals surface area contributed by atoms with Crippen molar-refractivity contribution in [2.75, 3.05) is 0 Å². The number of nitrogens with zero attached hydrogens (tertiary/aromatic N) is 16. The molecule has 21 rings (SSSR count). The van der Waals surface area contributed by atoms with Gasteiger partial charge in [-0.2, -0.15) is 0 Å². The third-order valence-corrected chi connectivity index (χ3v) is 35.0. The standard InChI is InChI=1S/C19H25NO.3C17H22N2O.3C15H19N3O/c1-9-10(2)15-14(6)19(7,8)18-13(5)12(4)17(21)16(11(9)3)20(15)18;1-8-9(2)15-17(6,7)11(4)16-18-12(5)10(3)13(14(8)20)19(15)16;1-8-9(2)15-17(6,7)11(4)13-10(3)12(5)18-16(14(8)20)19(13)15;1-8-9(2)13-11(4)17(6,7)16-18-12(5)15(20)14(10(8)3)19(13)16;1-7-9(3)16-13-8(2)15(5,6)14-17-10(4)12(19)11(7)18(13)14;1-7-9(3)16-13-12(19)10(4)17-14-15(5,6)8(2)11(7)18(13)14;1-7-8(2)12-15(5,6)9(3)13-16-10(4)17-14(11(7)19)18(12)13/h21H,1-8H3;3*20H,1-7H3;3*19H,1-6H3. The predicted octanol–water partition coefficient (Wildman–Crippen LogP) is 29.2. The van der Waals surface area contributed by atoms with Crippen molar-refractivity contribution in [2.24, 2.45) is 82.8 Å². The lowest BCUT2D eigenvalue weighted by molar-refractivity contribution is 0.346. The maximum Gasteiger partial charge on any atom is 0.183 e. The van der Waals surface area contributed by atoms with Gasteiger partial charge in [0.15, 0.2) is 46.3 Å². The summed E-state index contributed by atoms with van der Waals surface area (Å²) in [5.74, 6) is 10.5. The first-order valence-corrected chi connectivity index (χ1v) is 48.5. The van der Waals surface area contributed by atoms with Gasteiger partial charge < -0.3 is 40.6 Å². The molecule has 0 aliphatic carbocycles. The second kappa shape index (κ2) is 32.3. The Kier molecular flexibility index (Phi) is 23.4. The first kappa shape index (κ1) is 99.9. The lowest BCUT2D eigenvalue weighted by Crippen LogP contribution is -2.43. The van der Waals surface area contributed by atoms with Crippen LogP contribution in [0.2, 0.25) is 0 Å². The largest absolute Gasteiger partial charge is 0.505 e. The van der Waals surface area contributed by atoms with Crippen LogP contribution in [0.25, 0.3) is 0 Å².